The molecule has 1 aliphatic rings. The maximum atomic E-state index is 5.71. The van der Waals surface area contributed by atoms with Gasteiger partial charge in [0.25, 0.3) is 0 Å². The SMILES string of the molecule is Cc1cc(C(N)=S)cc(N2CCCN(C)CC2)n1. The van der Waals surface area contributed by atoms with Gasteiger partial charge in [-0.2, -0.15) is 0 Å². The molecule has 18 heavy (non-hydrogen) atoms. The normalized spacial score (nSPS) is 17.6. The van der Waals surface area contributed by atoms with E-state index < -0.39 is 0 Å². The van der Waals surface area contributed by atoms with Crippen LogP contribution in [0.25, 0.3) is 0 Å². The molecular formula is C13H20N4S. The first-order valence-corrected chi connectivity index (χ1v) is 6.69. The lowest BCUT2D eigenvalue weighted by atomic mass is 10.2. The van der Waals surface area contributed by atoms with Crippen LogP contribution in [-0.2, 0) is 0 Å². The summed E-state index contributed by atoms with van der Waals surface area (Å²) in [6, 6.07) is 3.94. The van der Waals surface area contributed by atoms with Gasteiger partial charge in [0.15, 0.2) is 0 Å². The van der Waals surface area contributed by atoms with E-state index in [4.69, 9.17) is 18.0 Å². The monoisotopic (exact) mass is 264 g/mol. The van der Waals surface area contributed by atoms with Gasteiger partial charge in [0.1, 0.15) is 10.8 Å². The molecule has 2 heterocycles. The standard InChI is InChI=1S/C13H20N4S/c1-10-8-11(13(14)18)9-12(15-10)17-5-3-4-16(2)6-7-17/h8-9H,3-7H2,1-2H3,(H2,14,18). The number of aromatic nitrogens is 1. The second kappa shape index (κ2) is 5.63. The Labute approximate surface area is 114 Å². The topological polar surface area (TPSA) is 45.4 Å². The minimum absolute atomic E-state index is 0.439. The summed E-state index contributed by atoms with van der Waals surface area (Å²) < 4.78 is 0. The van der Waals surface area contributed by atoms with Gasteiger partial charge in [0, 0.05) is 30.9 Å². The van der Waals surface area contributed by atoms with Crippen molar-refractivity contribution in [1.82, 2.24) is 9.88 Å². The van der Waals surface area contributed by atoms with Crippen LogP contribution in [0.2, 0.25) is 0 Å². The summed E-state index contributed by atoms with van der Waals surface area (Å²) in [6.07, 6.45) is 1.16. The lowest BCUT2D eigenvalue weighted by molar-refractivity contribution is 0.360. The van der Waals surface area contributed by atoms with Crippen molar-refractivity contribution in [3.8, 4) is 0 Å². The molecule has 1 saturated heterocycles. The molecule has 2 rings (SSSR count). The van der Waals surface area contributed by atoms with E-state index in [1.807, 2.05) is 19.1 Å². The highest BCUT2D eigenvalue weighted by atomic mass is 32.1. The lowest BCUT2D eigenvalue weighted by Crippen LogP contribution is -2.29. The molecule has 0 saturated carbocycles. The summed E-state index contributed by atoms with van der Waals surface area (Å²) in [5.41, 5.74) is 7.58. The van der Waals surface area contributed by atoms with Crippen LogP contribution in [0.15, 0.2) is 12.1 Å². The number of likely N-dealkylation sites (N-methyl/N-ethyl adjacent to an activating group) is 1. The Bertz CT molecular complexity index is 447. The highest BCUT2D eigenvalue weighted by Gasteiger charge is 2.14. The molecular weight excluding hydrogens is 244 g/mol. The maximum absolute atomic E-state index is 5.71. The molecule has 98 valence electrons. The van der Waals surface area contributed by atoms with E-state index in [2.05, 4.69) is 21.8 Å². The third kappa shape index (κ3) is 3.17. The third-order valence-electron chi connectivity index (χ3n) is 3.27. The zero-order chi connectivity index (χ0) is 13.1. The van der Waals surface area contributed by atoms with Gasteiger partial charge in [-0.05, 0) is 39.1 Å². The fourth-order valence-electron chi connectivity index (χ4n) is 2.23. The second-order valence-electron chi connectivity index (χ2n) is 4.86. The largest absolute Gasteiger partial charge is 0.389 e. The Hall–Kier alpha value is -1.20. The number of hydrogen-bond acceptors (Lipinski definition) is 4. The minimum atomic E-state index is 0.439. The highest BCUT2D eigenvalue weighted by Crippen LogP contribution is 2.17. The van der Waals surface area contributed by atoms with Gasteiger partial charge in [-0.15, -0.1) is 0 Å². The van der Waals surface area contributed by atoms with Crippen LogP contribution < -0.4 is 10.6 Å². The number of rotatable bonds is 2. The molecule has 0 radical (unpaired) electrons. The lowest BCUT2D eigenvalue weighted by Gasteiger charge is -2.22. The van der Waals surface area contributed by atoms with E-state index in [1.54, 1.807) is 0 Å². The number of nitrogens with two attached hydrogens (primary N) is 1. The molecule has 0 amide bonds. The average Bonchev–Trinajstić information content (AvgIpc) is 2.53. The fourth-order valence-corrected chi connectivity index (χ4v) is 2.35. The Morgan fingerprint density at radius 2 is 2.06 bits per heavy atom. The number of hydrogen-bond donors (Lipinski definition) is 1. The number of pyridine rings is 1. The van der Waals surface area contributed by atoms with E-state index >= 15 is 0 Å². The van der Waals surface area contributed by atoms with Gasteiger partial charge < -0.3 is 15.5 Å². The first-order chi connectivity index (χ1) is 8.56. The van der Waals surface area contributed by atoms with Crippen molar-refractivity contribution in [3.63, 3.8) is 0 Å². The van der Waals surface area contributed by atoms with Crippen LogP contribution in [0.4, 0.5) is 5.82 Å². The van der Waals surface area contributed by atoms with Crippen molar-refractivity contribution >= 4 is 23.0 Å². The van der Waals surface area contributed by atoms with Crippen LogP contribution in [-0.4, -0.2) is 48.1 Å². The molecule has 1 fully saturated rings. The van der Waals surface area contributed by atoms with E-state index in [1.165, 1.54) is 0 Å². The Morgan fingerprint density at radius 3 is 2.78 bits per heavy atom. The fraction of sp³-hybridized carbons (Fsp3) is 0.538. The van der Waals surface area contributed by atoms with E-state index in [9.17, 15) is 0 Å². The van der Waals surface area contributed by atoms with Crippen molar-refractivity contribution in [1.29, 1.82) is 0 Å². The van der Waals surface area contributed by atoms with Crippen LogP contribution >= 0.6 is 12.2 Å². The van der Waals surface area contributed by atoms with Crippen LogP contribution in [0, 0.1) is 6.92 Å². The van der Waals surface area contributed by atoms with E-state index in [-0.39, 0.29) is 0 Å². The molecule has 0 bridgehead atoms. The smallest absolute Gasteiger partial charge is 0.129 e. The Balaban J connectivity index is 2.24. The van der Waals surface area contributed by atoms with E-state index in [0.29, 0.717) is 4.99 Å². The van der Waals surface area contributed by atoms with Gasteiger partial charge >= 0.3 is 0 Å². The summed E-state index contributed by atoms with van der Waals surface area (Å²) in [6.45, 7) is 6.24. The van der Waals surface area contributed by atoms with Crippen molar-refractivity contribution < 1.29 is 0 Å². The zero-order valence-corrected chi connectivity index (χ0v) is 11.8. The molecule has 1 aromatic rings. The molecule has 0 aliphatic carbocycles. The molecule has 2 N–H and O–H groups in total. The van der Waals surface area contributed by atoms with Gasteiger partial charge in [-0.1, -0.05) is 12.2 Å². The summed E-state index contributed by atoms with van der Waals surface area (Å²) in [5.74, 6) is 0.994. The number of thiocarbonyl (C=S) groups is 1. The zero-order valence-electron chi connectivity index (χ0n) is 11.0. The van der Waals surface area contributed by atoms with Crippen molar-refractivity contribution in [2.24, 2.45) is 5.73 Å². The van der Waals surface area contributed by atoms with Crippen molar-refractivity contribution in [3.05, 3.63) is 23.4 Å². The highest BCUT2D eigenvalue weighted by molar-refractivity contribution is 7.80. The van der Waals surface area contributed by atoms with Gasteiger partial charge in [-0.3, -0.25) is 0 Å². The molecule has 0 atom stereocenters. The molecule has 1 aliphatic heterocycles. The quantitative estimate of drug-likeness (QED) is 0.812. The molecule has 0 spiro atoms. The molecule has 0 aromatic carbocycles. The summed E-state index contributed by atoms with van der Waals surface area (Å²) in [4.78, 5) is 9.71. The molecule has 1 aromatic heterocycles. The predicted octanol–water partition coefficient (Wildman–Crippen LogP) is 1.17. The van der Waals surface area contributed by atoms with Crippen molar-refractivity contribution in [2.75, 3.05) is 38.1 Å². The summed E-state index contributed by atoms with van der Waals surface area (Å²) >= 11 is 5.05. The van der Waals surface area contributed by atoms with Crippen LogP contribution in [0.5, 0.6) is 0 Å². The van der Waals surface area contributed by atoms with Crippen LogP contribution in [0.3, 0.4) is 0 Å². The third-order valence-corrected chi connectivity index (χ3v) is 3.50. The van der Waals surface area contributed by atoms with Gasteiger partial charge in [0.05, 0.1) is 0 Å². The van der Waals surface area contributed by atoms with Crippen molar-refractivity contribution in [2.45, 2.75) is 13.3 Å². The van der Waals surface area contributed by atoms with Gasteiger partial charge in [0.2, 0.25) is 0 Å². The predicted molar refractivity (Wildman–Crippen MR) is 79.2 cm³/mol. The number of aryl methyl sites for hydroxylation is 1. The number of nitrogens with zero attached hydrogens (tertiary/aromatic N) is 3. The van der Waals surface area contributed by atoms with E-state index in [0.717, 1.165) is 49.7 Å². The molecule has 5 heteroatoms. The summed E-state index contributed by atoms with van der Waals surface area (Å²) in [7, 11) is 2.16. The number of anilines is 1. The summed E-state index contributed by atoms with van der Waals surface area (Å²) in [5, 5.41) is 0. The second-order valence-corrected chi connectivity index (χ2v) is 5.30. The van der Waals surface area contributed by atoms with Gasteiger partial charge in [-0.25, -0.2) is 4.98 Å². The molecule has 0 unspecified atom stereocenters. The Kier molecular flexibility index (Phi) is 4.14. The Morgan fingerprint density at radius 1 is 1.28 bits per heavy atom. The first kappa shape index (κ1) is 13.2. The minimum Gasteiger partial charge on any atom is -0.389 e. The maximum Gasteiger partial charge on any atom is 0.129 e. The molecule has 4 nitrogen and oxygen atoms in total. The average molecular weight is 264 g/mol. The first-order valence-electron chi connectivity index (χ1n) is 6.28. The van der Waals surface area contributed by atoms with Crippen LogP contribution in [0.1, 0.15) is 17.7 Å².